The maximum absolute atomic E-state index is 12.1. The van der Waals surface area contributed by atoms with E-state index in [4.69, 9.17) is 11.6 Å². The number of rotatable bonds is 5. The zero-order chi connectivity index (χ0) is 17.8. The van der Waals surface area contributed by atoms with Crippen molar-refractivity contribution in [3.8, 4) is 11.4 Å². The van der Waals surface area contributed by atoms with Crippen LogP contribution in [0.1, 0.15) is 11.1 Å². The number of hydrogen-bond acceptors (Lipinski definition) is 5. The van der Waals surface area contributed by atoms with Gasteiger partial charge in [0, 0.05) is 16.3 Å². The molecular weight excluding hydrogens is 374 g/mol. The number of carbonyl (C=O) groups is 1. The molecule has 0 spiro atoms. The largest absolute Gasteiger partial charge is 0.325 e. The number of nitrogens with one attached hydrogen (secondary N) is 1. The van der Waals surface area contributed by atoms with E-state index in [1.807, 2.05) is 50.2 Å². The normalized spacial score (nSPS) is 10.7. The lowest BCUT2D eigenvalue weighted by atomic mass is 10.1. The van der Waals surface area contributed by atoms with Gasteiger partial charge in [0.1, 0.15) is 0 Å². The van der Waals surface area contributed by atoms with E-state index in [0.717, 1.165) is 15.5 Å². The number of benzene rings is 2. The first-order chi connectivity index (χ1) is 12.0. The Morgan fingerprint density at radius 1 is 1.20 bits per heavy atom. The zero-order valence-corrected chi connectivity index (χ0v) is 16.1. The number of thioether (sulfide) groups is 1. The first-order valence-electron chi connectivity index (χ1n) is 7.61. The van der Waals surface area contributed by atoms with Gasteiger partial charge in [-0.05, 0) is 43.1 Å². The van der Waals surface area contributed by atoms with Gasteiger partial charge in [-0.3, -0.25) is 4.79 Å². The number of aromatic nitrogens is 2. The van der Waals surface area contributed by atoms with Crippen LogP contribution in [0, 0.1) is 13.8 Å². The molecule has 1 N–H and O–H groups in total. The molecule has 128 valence electrons. The topological polar surface area (TPSA) is 54.9 Å². The minimum atomic E-state index is -0.1000. The summed E-state index contributed by atoms with van der Waals surface area (Å²) in [4.78, 5) is 16.6. The third-order valence-corrected chi connectivity index (χ3v) is 5.74. The molecule has 1 amide bonds. The minimum absolute atomic E-state index is 0.1000. The molecule has 0 bridgehead atoms. The lowest BCUT2D eigenvalue weighted by Gasteiger charge is -2.06. The fraction of sp³-hybridized carbons (Fsp3) is 0.167. The summed E-state index contributed by atoms with van der Waals surface area (Å²) in [5.74, 6) is 0.865. The van der Waals surface area contributed by atoms with Crippen molar-refractivity contribution in [2.75, 3.05) is 11.1 Å². The van der Waals surface area contributed by atoms with Crippen LogP contribution in [0.3, 0.4) is 0 Å². The summed E-state index contributed by atoms with van der Waals surface area (Å²) in [7, 11) is 0. The van der Waals surface area contributed by atoms with Crippen LogP contribution in [0.5, 0.6) is 0 Å². The molecule has 0 fully saturated rings. The van der Waals surface area contributed by atoms with Gasteiger partial charge in [-0.25, -0.2) is 4.98 Å². The molecule has 25 heavy (non-hydrogen) atoms. The molecular formula is C18H16ClN3OS2. The van der Waals surface area contributed by atoms with Gasteiger partial charge in [0.2, 0.25) is 5.91 Å². The Hall–Kier alpha value is -1.89. The number of amides is 1. The number of anilines is 1. The van der Waals surface area contributed by atoms with E-state index in [1.165, 1.54) is 28.9 Å². The molecule has 2 aromatic carbocycles. The highest BCUT2D eigenvalue weighted by Gasteiger charge is 2.10. The molecule has 0 aliphatic rings. The quantitative estimate of drug-likeness (QED) is 0.609. The van der Waals surface area contributed by atoms with Crippen LogP contribution in [0.15, 0.2) is 46.8 Å². The summed E-state index contributed by atoms with van der Waals surface area (Å²) < 4.78 is 5.13. The fourth-order valence-corrected chi connectivity index (χ4v) is 3.68. The Labute approximate surface area is 159 Å². The van der Waals surface area contributed by atoms with Crippen molar-refractivity contribution >= 4 is 46.5 Å². The van der Waals surface area contributed by atoms with Crippen LogP contribution in [0.2, 0.25) is 5.02 Å². The van der Waals surface area contributed by atoms with E-state index in [1.54, 1.807) is 6.07 Å². The fourth-order valence-electron chi connectivity index (χ4n) is 2.08. The first kappa shape index (κ1) is 17.9. The Balaban J connectivity index is 1.57. The van der Waals surface area contributed by atoms with Crippen LogP contribution >= 0.6 is 34.9 Å². The monoisotopic (exact) mass is 389 g/mol. The summed E-state index contributed by atoms with van der Waals surface area (Å²) in [6.45, 7) is 3.96. The molecule has 0 aliphatic heterocycles. The number of aryl methyl sites for hydroxylation is 2. The van der Waals surface area contributed by atoms with Gasteiger partial charge in [0.25, 0.3) is 0 Å². The first-order valence-corrected chi connectivity index (χ1v) is 9.74. The highest BCUT2D eigenvalue weighted by atomic mass is 35.5. The highest BCUT2D eigenvalue weighted by Crippen LogP contribution is 2.26. The molecule has 0 saturated carbocycles. The van der Waals surface area contributed by atoms with E-state index < -0.39 is 0 Å². The Kier molecular flexibility index (Phi) is 5.73. The van der Waals surface area contributed by atoms with Crippen molar-refractivity contribution in [2.24, 2.45) is 0 Å². The van der Waals surface area contributed by atoms with Crippen molar-refractivity contribution < 1.29 is 4.79 Å². The third-order valence-electron chi connectivity index (χ3n) is 3.50. The van der Waals surface area contributed by atoms with Gasteiger partial charge in [-0.1, -0.05) is 59.3 Å². The van der Waals surface area contributed by atoms with Crippen LogP contribution in [0.4, 0.5) is 5.69 Å². The molecule has 0 saturated heterocycles. The van der Waals surface area contributed by atoms with E-state index >= 15 is 0 Å². The summed E-state index contributed by atoms with van der Waals surface area (Å²) in [6.07, 6.45) is 0. The molecule has 1 heterocycles. The maximum Gasteiger partial charge on any atom is 0.234 e. The molecule has 0 aliphatic carbocycles. The lowest BCUT2D eigenvalue weighted by molar-refractivity contribution is -0.113. The number of halogens is 1. The van der Waals surface area contributed by atoms with E-state index in [2.05, 4.69) is 14.7 Å². The van der Waals surface area contributed by atoms with Crippen molar-refractivity contribution in [1.29, 1.82) is 0 Å². The standard InChI is InChI=1S/C18H16ClN3OS2/c1-11-3-6-13(7-4-11)17-21-18(25-22-17)24-10-16(23)20-14-8-5-12(2)15(19)9-14/h3-9H,10H2,1-2H3,(H,20,23). The Morgan fingerprint density at radius 3 is 2.68 bits per heavy atom. The van der Waals surface area contributed by atoms with E-state index in [0.29, 0.717) is 16.5 Å². The van der Waals surface area contributed by atoms with Crippen LogP contribution < -0.4 is 5.32 Å². The predicted octanol–water partition coefficient (Wildman–Crippen LogP) is 5.21. The SMILES string of the molecule is Cc1ccc(-c2nsc(SCC(=O)Nc3ccc(C)c(Cl)c3)n2)cc1. The molecule has 0 unspecified atom stereocenters. The Morgan fingerprint density at radius 2 is 1.96 bits per heavy atom. The highest BCUT2D eigenvalue weighted by molar-refractivity contribution is 8.01. The Bertz CT molecular complexity index is 894. The summed E-state index contributed by atoms with van der Waals surface area (Å²) in [5.41, 5.74) is 3.85. The molecule has 0 radical (unpaired) electrons. The van der Waals surface area contributed by atoms with Crippen molar-refractivity contribution in [2.45, 2.75) is 18.2 Å². The summed E-state index contributed by atoms with van der Waals surface area (Å²) in [6, 6.07) is 13.5. The molecule has 1 aromatic heterocycles. The predicted molar refractivity (Wildman–Crippen MR) is 106 cm³/mol. The van der Waals surface area contributed by atoms with Crippen LogP contribution in [-0.2, 0) is 4.79 Å². The molecule has 7 heteroatoms. The second kappa shape index (κ2) is 7.99. The average molecular weight is 390 g/mol. The second-order valence-corrected chi connectivity index (χ2v) is 7.93. The van der Waals surface area contributed by atoms with Gasteiger partial charge in [-0.15, -0.1) is 0 Å². The molecule has 0 atom stereocenters. The van der Waals surface area contributed by atoms with Gasteiger partial charge < -0.3 is 5.32 Å². The van der Waals surface area contributed by atoms with Gasteiger partial charge >= 0.3 is 0 Å². The maximum atomic E-state index is 12.1. The minimum Gasteiger partial charge on any atom is -0.325 e. The van der Waals surface area contributed by atoms with Gasteiger partial charge in [-0.2, -0.15) is 4.37 Å². The van der Waals surface area contributed by atoms with Crippen LogP contribution in [0.25, 0.3) is 11.4 Å². The number of carbonyl (C=O) groups excluding carboxylic acids is 1. The summed E-state index contributed by atoms with van der Waals surface area (Å²) >= 11 is 8.74. The van der Waals surface area contributed by atoms with Crippen LogP contribution in [-0.4, -0.2) is 21.0 Å². The van der Waals surface area contributed by atoms with E-state index in [9.17, 15) is 4.79 Å². The molecule has 4 nitrogen and oxygen atoms in total. The third kappa shape index (κ3) is 4.81. The van der Waals surface area contributed by atoms with E-state index in [-0.39, 0.29) is 11.7 Å². The zero-order valence-electron chi connectivity index (χ0n) is 13.7. The van der Waals surface area contributed by atoms with Gasteiger partial charge in [0.15, 0.2) is 10.2 Å². The summed E-state index contributed by atoms with van der Waals surface area (Å²) in [5, 5.41) is 3.47. The smallest absolute Gasteiger partial charge is 0.234 e. The lowest BCUT2D eigenvalue weighted by Crippen LogP contribution is -2.13. The molecule has 3 rings (SSSR count). The van der Waals surface area contributed by atoms with Crippen molar-refractivity contribution in [3.05, 3.63) is 58.6 Å². The van der Waals surface area contributed by atoms with Crippen molar-refractivity contribution in [3.63, 3.8) is 0 Å². The van der Waals surface area contributed by atoms with Gasteiger partial charge in [0.05, 0.1) is 5.75 Å². The molecule has 3 aromatic rings. The second-order valence-electron chi connectivity index (χ2n) is 5.55. The average Bonchev–Trinajstić information content (AvgIpc) is 3.06. The number of hydrogen-bond donors (Lipinski definition) is 1. The van der Waals surface area contributed by atoms with Crippen molar-refractivity contribution in [1.82, 2.24) is 9.36 Å². The number of nitrogens with zero attached hydrogens (tertiary/aromatic N) is 2.